The third kappa shape index (κ3) is 6.94. The van der Waals surface area contributed by atoms with Crippen LogP contribution in [0.4, 0.5) is 9.18 Å². The lowest BCUT2D eigenvalue weighted by Crippen LogP contribution is -2.36. The first-order chi connectivity index (χ1) is 7.67. The molecule has 2 unspecified atom stereocenters. The smallest absolute Gasteiger partial charge is 0.407 e. The Morgan fingerprint density at radius 3 is 2.41 bits per heavy atom. The minimum absolute atomic E-state index is 0.0315. The van der Waals surface area contributed by atoms with Crippen molar-refractivity contribution >= 4 is 6.09 Å². The molecule has 0 aliphatic carbocycles. The molecule has 0 rings (SSSR count). The summed E-state index contributed by atoms with van der Waals surface area (Å²) in [7, 11) is 1.42. The zero-order chi connectivity index (χ0) is 13.6. The second-order valence-corrected chi connectivity index (χ2v) is 4.86. The monoisotopic (exact) mass is 247 g/mol. The average Bonchev–Trinajstić information content (AvgIpc) is 2.21. The van der Waals surface area contributed by atoms with Gasteiger partial charge in [0, 0.05) is 13.7 Å². The molecule has 0 aliphatic heterocycles. The Labute approximate surface area is 102 Å². The number of carbonyl (C=O) groups is 1. The zero-order valence-corrected chi connectivity index (χ0v) is 11.2. The van der Waals surface area contributed by atoms with Crippen LogP contribution >= 0.6 is 0 Å². The first-order valence-electron chi connectivity index (χ1n) is 5.48. The highest BCUT2D eigenvalue weighted by Gasteiger charge is 2.21. The molecule has 2 atom stereocenters. The summed E-state index contributed by atoms with van der Waals surface area (Å²) in [5.74, 6) is 0. The van der Waals surface area contributed by atoms with Gasteiger partial charge in [0.25, 0.3) is 0 Å². The Bertz CT molecular complexity index is 273. The topological polar surface area (TPSA) is 47.6 Å². The zero-order valence-electron chi connectivity index (χ0n) is 11.2. The van der Waals surface area contributed by atoms with Crippen LogP contribution in [0, 0.1) is 0 Å². The van der Waals surface area contributed by atoms with Gasteiger partial charge in [-0.15, -0.1) is 0 Å². The summed E-state index contributed by atoms with van der Waals surface area (Å²) >= 11 is 0. The predicted molar refractivity (Wildman–Crippen MR) is 64.7 cm³/mol. The van der Waals surface area contributed by atoms with Gasteiger partial charge in [0.15, 0.2) is 0 Å². The summed E-state index contributed by atoms with van der Waals surface area (Å²) in [6.07, 6.45) is -2.48. The van der Waals surface area contributed by atoms with Crippen LogP contribution in [-0.2, 0) is 9.47 Å². The molecule has 4 nitrogen and oxygen atoms in total. The number of hydrogen-bond donors (Lipinski definition) is 1. The van der Waals surface area contributed by atoms with Crippen molar-refractivity contribution in [2.24, 2.45) is 0 Å². The van der Waals surface area contributed by atoms with E-state index in [9.17, 15) is 9.18 Å². The van der Waals surface area contributed by atoms with Crippen molar-refractivity contribution in [3.63, 3.8) is 0 Å². The number of methoxy groups -OCH3 is 1. The fraction of sp³-hybridized carbons (Fsp3) is 0.750. The van der Waals surface area contributed by atoms with Crippen LogP contribution in [-0.4, -0.2) is 37.6 Å². The second kappa shape index (κ2) is 6.59. The Morgan fingerprint density at radius 1 is 1.47 bits per heavy atom. The van der Waals surface area contributed by atoms with Crippen molar-refractivity contribution in [3.8, 4) is 0 Å². The molecule has 0 aromatic rings. The number of halogens is 1. The Hall–Kier alpha value is -1.10. The molecule has 0 aromatic heterocycles. The van der Waals surface area contributed by atoms with Gasteiger partial charge < -0.3 is 14.8 Å². The van der Waals surface area contributed by atoms with E-state index in [4.69, 9.17) is 9.47 Å². The fourth-order valence-electron chi connectivity index (χ4n) is 1.05. The number of ether oxygens (including phenoxy) is 2. The minimum atomic E-state index is -1.31. The summed E-state index contributed by atoms with van der Waals surface area (Å²) in [6.45, 7) is 10.5. The summed E-state index contributed by atoms with van der Waals surface area (Å²) in [4.78, 5) is 11.3. The molecule has 100 valence electrons. The van der Waals surface area contributed by atoms with Crippen molar-refractivity contribution in [3.05, 3.63) is 12.2 Å². The van der Waals surface area contributed by atoms with Gasteiger partial charge in [-0.25, -0.2) is 9.18 Å². The van der Waals surface area contributed by atoms with Crippen LogP contribution in [0.15, 0.2) is 12.2 Å². The van der Waals surface area contributed by atoms with Crippen molar-refractivity contribution in [2.45, 2.75) is 45.6 Å². The molecule has 0 saturated heterocycles. The molecule has 1 amide bonds. The lowest BCUT2D eigenvalue weighted by atomic mass is 10.1. The first kappa shape index (κ1) is 15.9. The Balaban J connectivity index is 4.04. The van der Waals surface area contributed by atoms with Gasteiger partial charge >= 0.3 is 6.09 Å². The van der Waals surface area contributed by atoms with Gasteiger partial charge in [0.05, 0.1) is 6.10 Å². The fourth-order valence-corrected chi connectivity index (χ4v) is 1.05. The van der Waals surface area contributed by atoms with Crippen LogP contribution in [0.25, 0.3) is 0 Å². The molecular weight excluding hydrogens is 225 g/mol. The molecule has 5 heteroatoms. The normalized spacial score (nSPS) is 14.9. The minimum Gasteiger partial charge on any atom is -0.444 e. The SMILES string of the molecule is C=C(CNC(=O)OC(C)(C)C)C(F)C(C)OC. The third-order valence-corrected chi connectivity index (χ3v) is 2.03. The van der Waals surface area contributed by atoms with Gasteiger partial charge in [0.1, 0.15) is 11.8 Å². The maximum absolute atomic E-state index is 13.6. The van der Waals surface area contributed by atoms with Gasteiger partial charge in [-0.2, -0.15) is 0 Å². The van der Waals surface area contributed by atoms with E-state index in [1.54, 1.807) is 27.7 Å². The van der Waals surface area contributed by atoms with E-state index in [0.717, 1.165) is 0 Å². The molecule has 0 fully saturated rings. The molecule has 0 saturated carbocycles. The average molecular weight is 247 g/mol. The van der Waals surface area contributed by atoms with Crippen molar-refractivity contribution < 1.29 is 18.7 Å². The van der Waals surface area contributed by atoms with Gasteiger partial charge in [0.2, 0.25) is 0 Å². The third-order valence-electron chi connectivity index (χ3n) is 2.03. The highest BCUT2D eigenvalue weighted by molar-refractivity contribution is 5.68. The molecule has 0 radical (unpaired) electrons. The maximum Gasteiger partial charge on any atom is 0.407 e. The van der Waals surface area contributed by atoms with Crippen LogP contribution in [0.3, 0.4) is 0 Å². The number of nitrogens with one attached hydrogen (secondary N) is 1. The number of alkyl carbamates (subject to hydrolysis) is 1. The quantitative estimate of drug-likeness (QED) is 0.759. The van der Waals surface area contributed by atoms with E-state index in [0.29, 0.717) is 0 Å². The largest absolute Gasteiger partial charge is 0.444 e. The summed E-state index contributed by atoms with van der Waals surface area (Å²) in [5, 5.41) is 2.44. The van der Waals surface area contributed by atoms with Gasteiger partial charge in [-0.05, 0) is 33.3 Å². The van der Waals surface area contributed by atoms with E-state index in [-0.39, 0.29) is 12.1 Å². The number of rotatable bonds is 5. The molecule has 0 aliphatic rings. The van der Waals surface area contributed by atoms with Crippen LogP contribution in [0.1, 0.15) is 27.7 Å². The lowest BCUT2D eigenvalue weighted by Gasteiger charge is -2.21. The molecular formula is C12H22FNO3. The van der Waals surface area contributed by atoms with E-state index in [1.807, 2.05) is 0 Å². The highest BCUT2D eigenvalue weighted by atomic mass is 19.1. The number of hydrogen-bond acceptors (Lipinski definition) is 3. The summed E-state index contributed by atoms with van der Waals surface area (Å²) in [6, 6.07) is 0. The maximum atomic E-state index is 13.6. The van der Waals surface area contributed by atoms with E-state index < -0.39 is 24.0 Å². The standard InChI is InChI=1S/C12H22FNO3/c1-8(10(13)9(2)16-6)7-14-11(15)17-12(3,4)5/h9-10H,1,7H2,2-6H3,(H,14,15). The summed E-state index contributed by atoms with van der Waals surface area (Å²) in [5.41, 5.74) is -0.314. The van der Waals surface area contributed by atoms with E-state index in [1.165, 1.54) is 7.11 Å². The lowest BCUT2D eigenvalue weighted by molar-refractivity contribution is 0.0503. The molecule has 0 aromatic carbocycles. The van der Waals surface area contributed by atoms with Crippen LogP contribution < -0.4 is 5.32 Å². The first-order valence-corrected chi connectivity index (χ1v) is 5.48. The van der Waals surface area contributed by atoms with Crippen molar-refractivity contribution in [2.75, 3.05) is 13.7 Å². The Kier molecular flexibility index (Phi) is 6.16. The molecule has 17 heavy (non-hydrogen) atoms. The van der Waals surface area contributed by atoms with Crippen LogP contribution in [0.2, 0.25) is 0 Å². The van der Waals surface area contributed by atoms with Crippen LogP contribution in [0.5, 0.6) is 0 Å². The predicted octanol–water partition coefficient (Wildman–Crippen LogP) is 2.44. The van der Waals surface area contributed by atoms with E-state index >= 15 is 0 Å². The van der Waals surface area contributed by atoms with Gasteiger partial charge in [-0.3, -0.25) is 0 Å². The van der Waals surface area contributed by atoms with Crippen molar-refractivity contribution in [1.29, 1.82) is 0 Å². The molecule has 1 N–H and O–H groups in total. The molecule has 0 heterocycles. The molecule has 0 spiro atoms. The number of carbonyl (C=O) groups excluding carboxylic acids is 1. The molecule has 0 bridgehead atoms. The number of amides is 1. The summed E-state index contributed by atoms with van der Waals surface area (Å²) < 4.78 is 23.4. The number of alkyl halides is 1. The van der Waals surface area contributed by atoms with Gasteiger partial charge in [-0.1, -0.05) is 6.58 Å². The Morgan fingerprint density at radius 2 is 2.00 bits per heavy atom. The van der Waals surface area contributed by atoms with Crippen molar-refractivity contribution in [1.82, 2.24) is 5.32 Å². The van der Waals surface area contributed by atoms with E-state index in [2.05, 4.69) is 11.9 Å². The second-order valence-electron chi connectivity index (χ2n) is 4.86. The highest BCUT2D eigenvalue weighted by Crippen LogP contribution is 2.11.